The minimum Gasteiger partial charge on any atom is -0.481 e. The molecule has 0 radical (unpaired) electrons. The Morgan fingerprint density at radius 3 is 2.46 bits per heavy atom. The van der Waals surface area contributed by atoms with Crippen LogP contribution in [-0.4, -0.2) is 53.0 Å². The van der Waals surface area contributed by atoms with E-state index in [0.717, 1.165) is 24.8 Å². The number of likely N-dealkylation sites (tertiary alicyclic amines) is 1. The summed E-state index contributed by atoms with van der Waals surface area (Å²) in [5, 5.41) is 9.86. The summed E-state index contributed by atoms with van der Waals surface area (Å²) in [7, 11) is 0. The zero-order valence-electron chi connectivity index (χ0n) is 15.6. The number of likely N-dealkylation sites (N-methyl/N-ethyl adjacent to an activating group) is 1. The van der Waals surface area contributed by atoms with Gasteiger partial charge in [0, 0.05) is 26.2 Å². The lowest BCUT2D eigenvalue weighted by atomic mass is 9.81. The van der Waals surface area contributed by atoms with Crippen LogP contribution in [0.5, 0.6) is 0 Å². The van der Waals surface area contributed by atoms with Crippen LogP contribution >= 0.6 is 12.4 Å². The van der Waals surface area contributed by atoms with E-state index in [0.29, 0.717) is 26.2 Å². The molecule has 26 heavy (non-hydrogen) atoms. The number of aliphatic carboxylic acids is 1. The summed E-state index contributed by atoms with van der Waals surface area (Å²) in [5.41, 5.74) is 0.288. The first-order chi connectivity index (χ1) is 12.0. The van der Waals surface area contributed by atoms with E-state index in [1.54, 1.807) is 0 Å². The fraction of sp³-hybridized carbons (Fsp3) is 0.600. The van der Waals surface area contributed by atoms with Crippen LogP contribution in [0.15, 0.2) is 30.3 Å². The average molecular weight is 381 g/mol. The van der Waals surface area contributed by atoms with E-state index >= 15 is 0 Å². The molecule has 144 valence electrons. The highest BCUT2D eigenvalue weighted by Gasteiger charge is 2.56. The minimum absolute atomic E-state index is 0. The summed E-state index contributed by atoms with van der Waals surface area (Å²) < 4.78 is 0. The van der Waals surface area contributed by atoms with Gasteiger partial charge in [0.05, 0.1) is 5.41 Å². The monoisotopic (exact) mass is 380 g/mol. The summed E-state index contributed by atoms with van der Waals surface area (Å²) in [6.45, 7) is 6.47. The van der Waals surface area contributed by atoms with E-state index in [-0.39, 0.29) is 30.3 Å². The Labute approximate surface area is 161 Å². The van der Waals surface area contributed by atoms with Crippen molar-refractivity contribution in [3.05, 3.63) is 35.9 Å². The van der Waals surface area contributed by atoms with Gasteiger partial charge in [-0.1, -0.05) is 36.8 Å². The van der Waals surface area contributed by atoms with Crippen molar-refractivity contribution in [1.82, 2.24) is 9.80 Å². The summed E-state index contributed by atoms with van der Waals surface area (Å²) in [6, 6.07) is 9.41. The number of hydrogen-bond acceptors (Lipinski definition) is 3. The molecule has 1 aromatic rings. The number of halogens is 1. The first-order valence-corrected chi connectivity index (χ1v) is 9.34. The predicted molar refractivity (Wildman–Crippen MR) is 103 cm³/mol. The Balaban J connectivity index is 0.00000243. The summed E-state index contributed by atoms with van der Waals surface area (Å²) in [5.74, 6) is -0.461. The number of rotatable bonds is 6. The van der Waals surface area contributed by atoms with E-state index in [1.807, 2.05) is 49.1 Å². The minimum atomic E-state index is -0.695. The maximum absolute atomic E-state index is 13.2. The van der Waals surface area contributed by atoms with Crippen LogP contribution in [0.25, 0.3) is 0 Å². The topological polar surface area (TPSA) is 60.9 Å². The first-order valence-electron chi connectivity index (χ1n) is 9.34. The number of benzene rings is 1. The summed E-state index contributed by atoms with van der Waals surface area (Å²) in [4.78, 5) is 29.2. The molecule has 2 fully saturated rings. The van der Waals surface area contributed by atoms with Gasteiger partial charge in [0.15, 0.2) is 0 Å². The van der Waals surface area contributed by atoms with Crippen molar-refractivity contribution in [3.8, 4) is 0 Å². The summed E-state index contributed by atoms with van der Waals surface area (Å²) >= 11 is 0. The maximum atomic E-state index is 13.2. The van der Waals surface area contributed by atoms with Crippen LogP contribution in [0.2, 0.25) is 0 Å². The van der Waals surface area contributed by atoms with Crippen molar-refractivity contribution in [3.63, 3.8) is 0 Å². The molecule has 3 atom stereocenters. The SMILES string of the molecule is CCN(CC)C(=O)C(c1ccccc1)N1C[C@@H]2CCC[C@@]2(C(=O)O)C1.Cl. The Morgan fingerprint density at radius 1 is 1.27 bits per heavy atom. The third-order valence-corrected chi connectivity index (χ3v) is 6.11. The number of hydrogen-bond donors (Lipinski definition) is 1. The fourth-order valence-corrected chi connectivity index (χ4v) is 4.73. The Kier molecular flexibility index (Phi) is 6.69. The van der Waals surface area contributed by atoms with E-state index in [2.05, 4.69) is 4.90 Å². The van der Waals surface area contributed by atoms with Gasteiger partial charge >= 0.3 is 5.97 Å². The molecule has 1 aliphatic heterocycles. The number of carbonyl (C=O) groups is 2. The van der Waals surface area contributed by atoms with E-state index in [4.69, 9.17) is 0 Å². The molecule has 2 aliphatic rings. The fourth-order valence-electron chi connectivity index (χ4n) is 4.73. The second-order valence-electron chi connectivity index (χ2n) is 7.30. The third kappa shape index (κ3) is 3.47. The molecule has 0 spiro atoms. The lowest BCUT2D eigenvalue weighted by Gasteiger charge is -2.33. The molecule has 1 heterocycles. The molecule has 6 heteroatoms. The number of carboxylic acid groups (broad SMARTS) is 1. The molecule has 1 N–H and O–H groups in total. The van der Waals surface area contributed by atoms with Crippen LogP contribution in [0.1, 0.15) is 44.7 Å². The molecule has 0 aromatic heterocycles. The molecule has 1 aromatic carbocycles. The van der Waals surface area contributed by atoms with Crippen LogP contribution in [0.3, 0.4) is 0 Å². The van der Waals surface area contributed by atoms with Crippen molar-refractivity contribution >= 4 is 24.3 Å². The van der Waals surface area contributed by atoms with Crippen LogP contribution in [-0.2, 0) is 9.59 Å². The van der Waals surface area contributed by atoms with E-state index < -0.39 is 11.4 Å². The Hall–Kier alpha value is -1.59. The molecule has 1 saturated carbocycles. The number of carboxylic acids is 1. The Bertz CT molecular complexity index is 635. The molecule has 0 bridgehead atoms. The smallest absolute Gasteiger partial charge is 0.311 e. The standard InChI is InChI=1S/C20H28N2O3.ClH/c1-3-21(4-2)18(23)17(15-9-6-5-7-10-15)22-13-16-11-8-12-20(16,14-22)19(24)25;/h5-7,9-10,16-17H,3-4,8,11-14H2,1-2H3,(H,24,25);1H/t16-,17?,20+;/m0./s1. The van der Waals surface area contributed by atoms with Crippen LogP contribution < -0.4 is 0 Å². The van der Waals surface area contributed by atoms with E-state index in [9.17, 15) is 14.7 Å². The van der Waals surface area contributed by atoms with Gasteiger partial charge in [-0.05, 0) is 38.2 Å². The highest BCUT2D eigenvalue weighted by Crippen LogP contribution is 2.50. The highest BCUT2D eigenvalue weighted by atomic mass is 35.5. The Morgan fingerprint density at radius 2 is 1.92 bits per heavy atom. The molecule has 1 amide bonds. The largest absolute Gasteiger partial charge is 0.481 e. The lowest BCUT2D eigenvalue weighted by Crippen LogP contribution is -2.43. The predicted octanol–water partition coefficient (Wildman–Crippen LogP) is 3.20. The number of carbonyl (C=O) groups excluding carboxylic acids is 1. The highest BCUT2D eigenvalue weighted by molar-refractivity contribution is 5.85. The summed E-state index contributed by atoms with van der Waals surface area (Å²) in [6.07, 6.45) is 2.65. The van der Waals surface area contributed by atoms with Crippen molar-refractivity contribution in [1.29, 1.82) is 0 Å². The van der Waals surface area contributed by atoms with Gasteiger partial charge in [-0.25, -0.2) is 0 Å². The van der Waals surface area contributed by atoms with Crippen molar-refractivity contribution in [2.45, 2.75) is 39.2 Å². The lowest BCUT2D eigenvalue weighted by molar-refractivity contribution is -0.150. The zero-order valence-corrected chi connectivity index (χ0v) is 16.4. The van der Waals surface area contributed by atoms with E-state index in [1.165, 1.54) is 0 Å². The van der Waals surface area contributed by atoms with Crippen LogP contribution in [0.4, 0.5) is 0 Å². The van der Waals surface area contributed by atoms with Crippen molar-refractivity contribution in [2.75, 3.05) is 26.2 Å². The third-order valence-electron chi connectivity index (χ3n) is 6.11. The number of nitrogens with zero attached hydrogens (tertiary/aromatic N) is 2. The van der Waals surface area contributed by atoms with Gasteiger partial charge in [0.25, 0.3) is 0 Å². The van der Waals surface area contributed by atoms with Gasteiger partial charge in [-0.2, -0.15) is 0 Å². The number of fused-ring (bicyclic) bond motifs is 1. The van der Waals surface area contributed by atoms with Gasteiger partial charge < -0.3 is 10.0 Å². The quantitative estimate of drug-likeness (QED) is 0.823. The molecular weight excluding hydrogens is 352 g/mol. The molecule has 1 unspecified atom stereocenters. The van der Waals surface area contributed by atoms with Gasteiger partial charge in [-0.3, -0.25) is 14.5 Å². The van der Waals surface area contributed by atoms with Crippen molar-refractivity contribution < 1.29 is 14.7 Å². The second kappa shape index (κ2) is 8.40. The maximum Gasteiger partial charge on any atom is 0.311 e. The van der Waals surface area contributed by atoms with Gasteiger partial charge in [0.1, 0.15) is 6.04 Å². The average Bonchev–Trinajstić information content (AvgIpc) is 3.15. The van der Waals surface area contributed by atoms with Crippen LogP contribution in [0, 0.1) is 11.3 Å². The second-order valence-corrected chi connectivity index (χ2v) is 7.30. The molecular formula is C20H29ClN2O3. The number of amides is 1. The first kappa shape index (κ1) is 20.7. The van der Waals surface area contributed by atoms with Crippen molar-refractivity contribution in [2.24, 2.45) is 11.3 Å². The molecule has 1 saturated heterocycles. The molecule has 5 nitrogen and oxygen atoms in total. The van der Waals surface area contributed by atoms with Gasteiger partial charge in [0.2, 0.25) is 5.91 Å². The zero-order chi connectivity index (χ0) is 18.0. The molecule has 3 rings (SSSR count). The van der Waals surface area contributed by atoms with Gasteiger partial charge in [-0.15, -0.1) is 12.4 Å². The molecule has 1 aliphatic carbocycles. The normalized spacial score (nSPS) is 26.0.